The molecular weight excluding hydrogens is 190 g/mol. The summed E-state index contributed by atoms with van der Waals surface area (Å²) in [6, 6.07) is 7.37. The van der Waals surface area contributed by atoms with E-state index in [1.54, 1.807) is 19.2 Å². The first-order chi connectivity index (χ1) is 7.19. The standard InChI is InChI=1S/C12H15NO2/c1-4-5-10-6-8-11(9-7-10)12(14)13(2)15-3/h4-9H,1-3H3/b5-4+. The molecule has 0 aliphatic rings. The Morgan fingerprint density at radius 3 is 2.40 bits per heavy atom. The number of allylic oxidation sites excluding steroid dienone is 1. The maximum Gasteiger partial charge on any atom is 0.277 e. The van der Waals surface area contributed by atoms with E-state index < -0.39 is 0 Å². The Morgan fingerprint density at radius 2 is 1.93 bits per heavy atom. The van der Waals surface area contributed by atoms with Gasteiger partial charge in [0.2, 0.25) is 0 Å². The van der Waals surface area contributed by atoms with E-state index in [-0.39, 0.29) is 5.91 Å². The van der Waals surface area contributed by atoms with Crippen LogP contribution >= 0.6 is 0 Å². The predicted octanol–water partition coefficient (Wildman–Crippen LogP) is 2.35. The largest absolute Gasteiger partial charge is 0.277 e. The average molecular weight is 205 g/mol. The molecule has 0 atom stereocenters. The molecule has 0 spiro atoms. The van der Waals surface area contributed by atoms with Gasteiger partial charge in [0, 0.05) is 12.6 Å². The van der Waals surface area contributed by atoms with E-state index in [4.69, 9.17) is 4.84 Å². The van der Waals surface area contributed by atoms with E-state index >= 15 is 0 Å². The highest BCUT2D eigenvalue weighted by Gasteiger charge is 2.09. The van der Waals surface area contributed by atoms with Crippen LogP contribution in [0.25, 0.3) is 6.08 Å². The zero-order valence-electron chi connectivity index (χ0n) is 9.23. The van der Waals surface area contributed by atoms with Crippen molar-refractivity contribution in [3.63, 3.8) is 0 Å². The molecule has 0 fully saturated rings. The van der Waals surface area contributed by atoms with Crippen molar-refractivity contribution in [2.75, 3.05) is 14.2 Å². The molecule has 1 amide bonds. The first-order valence-corrected chi connectivity index (χ1v) is 4.74. The van der Waals surface area contributed by atoms with Crippen molar-refractivity contribution in [2.45, 2.75) is 6.92 Å². The molecule has 0 aliphatic heterocycles. The minimum absolute atomic E-state index is 0.149. The molecule has 0 N–H and O–H groups in total. The maximum atomic E-state index is 11.6. The van der Waals surface area contributed by atoms with Crippen LogP contribution in [0.2, 0.25) is 0 Å². The summed E-state index contributed by atoms with van der Waals surface area (Å²) in [6.45, 7) is 1.96. The van der Waals surface area contributed by atoms with Crippen LogP contribution in [0.4, 0.5) is 0 Å². The quantitative estimate of drug-likeness (QED) is 0.709. The monoisotopic (exact) mass is 205 g/mol. The topological polar surface area (TPSA) is 29.5 Å². The molecule has 15 heavy (non-hydrogen) atoms. The Morgan fingerprint density at radius 1 is 1.33 bits per heavy atom. The zero-order valence-corrected chi connectivity index (χ0v) is 9.23. The van der Waals surface area contributed by atoms with Crippen LogP contribution in [0.3, 0.4) is 0 Å². The summed E-state index contributed by atoms with van der Waals surface area (Å²) in [5, 5.41) is 1.20. The highest BCUT2D eigenvalue weighted by Crippen LogP contribution is 2.08. The highest BCUT2D eigenvalue weighted by molar-refractivity contribution is 5.93. The molecule has 0 radical (unpaired) electrons. The number of nitrogens with zero attached hydrogens (tertiary/aromatic N) is 1. The Balaban J connectivity index is 2.84. The first-order valence-electron chi connectivity index (χ1n) is 4.74. The van der Waals surface area contributed by atoms with Crippen molar-refractivity contribution in [3.05, 3.63) is 41.5 Å². The summed E-state index contributed by atoms with van der Waals surface area (Å²) in [4.78, 5) is 16.4. The summed E-state index contributed by atoms with van der Waals surface area (Å²) in [5.41, 5.74) is 1.70. The van der Waals surface area contributed by atoms with Crippen LogP contribution in [0.5, 0.6) is 0 Å². The van der Waals surface area contributed by atoms with E-state index in [0.29, 0.717) is 5.56 Å². The minimum atomic E-state index is -0.149. The first kappa shape index (κ1) is 11.5. The molecule has 3 heteroatoms. The van der Waals surface area contributed by atoms with Gasteiger partial charge in [-0.15, -0.1) is 0 Å². The Kier molecular flexibility index (Phi) is 4.06. The third-order valence-corrected chi connectivity index (χ3v) is 2.08. The van der Waals surface area contributed by atoms with Gasteiger partial charge in [0.15, 0.2) is 0 Å². The van der Waals surface area contributed by atoms with Crippen LogP contribution in [-0.4, -0.2) is 25.1 Å². The van der Waals surface area contributed by atoms with Crippen LogP contribution in [-0.2, 0) is 4.84 Å². The van der Waals surface area contributed by atoms with E-state index in [0.717, 1.165) is 5.56 Å². The van der Waals surface area contributed by atoms with E-state index in [1.165, 1.54) is 12.2 Å². The van der Waals surface area contributed by atoms with Gasteiger partial charge < -0.3 is 0 Å². The molecule has 3 nitrogen and oxygen atoms in total. The van der Waals surface area contributed by atoms with E-state index in [9.17, 15) is 4.79 Å². The smallest absolute Gasteiger partial charge is 0.274 e. The number of carbonyl (C=O) groups excluding carboxylic acids is 1. The van der Waals surface area contributed by atoms with Crippen LogP contribution < -0.4 is 0 Å². The number of hydroxylamine groups is 2. The second-order valence-electron chi connectivity index (χ2n) is 3.11. The maximum absolute atomic E-state index is 11.6. The van der Waals surface area contributed by atoms with Gasteiger partial charge in [0.1, 0.15) is 0 Å². The van der Waals surface area contributed by atoms with Gasteiger partial charge in [-0.3, -0.25) is 9.63 Å². The number of hydrogen-bond acceptors (Lipinski definition) is 2. The van der Waals surface area contributed by atoms with Crippen LogP contribution in [0.15, 0.2) is 30.3 Å². The van der Waals surface area contributed by atoms with E-state index in [1.807, 2.05) is 31.2 Å². The van der Waals surface area contributed by atoms with Gasteiger partial charge in [-0.25, -0.2) is 5.06 Å². The highest BCUT2D eigenvalue weighted by atomic mass is 16.7. The molecule has 1 rings (SSSR count). The fourth-order valence-corrected chi connectivity index (χ4v) is 1.19. The van der Waals surface area contributed by atoms with E-state index in [2.05, 4.69) is 0 Å². The van der Waals surface area contributed by atoms with Gasteiger partial charge >= 0.3 is 0 Å². The molecule has 0 aliphatic carbocycles. The van der Waals surface area contributed by atoms with Crippen molar-refractivity contribution in [1.29, 1.82) is 0 Å². The fourth-order valence-electron chi connectivity index (χ4n) is 1.19. The molecule has 80 valence electrons. The molecule has 0 saturated heterocycles. The molecule has 0 saturated carbocycles. The number of carbonyl (C=O) groups is 1. The summed E-state index contributed by atoms with van der Waals surface area (Å²) in [5.74, 6) is -0.149. The Hall–Kier alpha value is -1.61. The van der Waals surface area contributed by atoms with Crippen LogP contribution in [0, 0.1) is 0 Å². The predicted molar refractivity (Wildman–Crippen MR) is 60.3 cm³/mol. The molecular formula is C12H15NO2. The minimum Gasteiger partial charge on any atom is -0.274 e. The van der Waals surface area contributed by atoms with Crippen molar-refractivity contribution in [3.8, 4) is 0 Å². The van der Waals surface area contributed by atoms with Gasteiger partial charge in [-0.05, 0) is 24.6 Å². The third kappa shape index (κ3) is 2.92. The number of hydrogen-bond donors (Lipinski definition) is 0. The van der Waals surface area contributed by atoms with Crippen molar-refractivity contribution in [1.82, 2.24) is 5.06 Å². The molecule has 1 aromatic carbocycles. The van der Waals surface area contributed by atoms with Crippen molar-refractivity contribution >= 4 is 12.0 Å². The second kappa shape index (κ2) is 5.32. The lowest BCUT2D eigenvalue weighted by atomic mass is 10.1. The summed E-state index contributed by atoms with van der Waals surface area (Å²) in [7, 11) is 3.05. The number of rotatable bonds is 3. The second-order valence-corrected chi connectivity index (χ2v) is 3.11. The molecule has 0 unspecified atom stereocenters. The van der Waals surface area contributed by atoms with Crippen LogP contribution in [0.1, 0.15) is 22.8 Å². The number of benzene rings is 1. The Bertz CT molecular complexity index is 354. The van der Waals surface area contributed by atoms with Crippen molar-refractivity contribution < 1.29 is 9.63 Å². The molecule has 0 bridgehead atoms. The lowest BCUT2D eigenvalue weighted by Gasteiger charge is -2.13. The lowest BCUT2D eigenvalue weighted by Crippen LogP contribution is -2.25. The third-order valence-electron chi connectivity index (χ3n) is 2.08. The number of amides is 1. The zero-order chi connectivity index (χ0) is 11.3. The van der Waals surface area contributed by atoms with Gasteiger partial charge in [-0.1, -0.05) is 24.3 Å². The average Bonchev–Trinajstić information content (AvgIpc) is 2.28. The van der Waals surface area contributed by atoms with Gasteiger partial charge in [-0.2, -0.15) is 0 Å². The molecule has 1 aromatic rings. The SMILES string of the molecule is C/C=C/c1ccc(C(=O)N(C)OC)cc1. The summed E-state index contributed by atoms with van der Waals surface area (Å²) in [6.07, 6.45) is 3.94. The normalized spacial score (nSPS) is 10.6. The van der Waals surface area contributed by atoms with Crippen molar-refractivity contribution in [2.24, 2.45) is 0 Å². The van der Waals surface area contributed by atoms with Gasteiger partial charge in [0.25, 0.3) is 5.91 Å². The summed E-state index contributed by atoms with van der Waals surface area (Å²) < 4.78 is 0. The van der Waals surface area contributed by atoms with Gasteiger partial charge in [0.05, 0.1) is 7.11 Å². The fraction of sp³-hybridized carbons (Fsp3) is 0.250. The molecule has 0 aromatic heterocycles. The Labute approximate surface area is 89.9 Å². The molecule has 0 heterocycles. The lowest BCUT2D eigenvalue weighted by molar-refractivity contribution is -0.0756. The summed E-state index contributed by atoms with van der Waals surface area (Å²) >= 11 is 0.